The van der Waals surface area contributed by atoms with E-state index < -0.39 is 10.0 Å². The number of nitrogens with one attached hydrogen (secondary N) is 3. The summed E-state index contributed by atoms with van der Waals surface area (Å²) >= 11 is 0. The molecule has 0 unspecified atom stereocenters. The third-order valence-corrected chi connectivity index (χ3v) is 5.71. The van der Waals surface area contributed by atoms with Gasteiger partial charge in [0.25, 0.3) is 0 Å². The van der Waals surface area contributed by atoms with Crippen molar-refractivity contribution >= 4 is 40.0 Å². The van der Waals surface area contributed by atoms with Gasteiger partial charge in [-0.05, 0) is 44.2 Å². The number of aliphatic imine (C=N–C) groups is 1. The summed E-state index contributed by atoms with van der Waals surface area (Å²) in [6, 6.07) is 3.71. The Hall–Kier alpha value is -0.850. The SMILES string of the molecule is CCNC(=NCCCOCc1ccco1)NCCS(=O)(=O)NCC1CCC1.I. The van der Waals surface area contributed by atoms with Crippen LogP contribution in [0.15, 0.2) is 27.8 Å². The number of ether oxygens (including phenoxy) is 1. The molecule has 0 amide bonds. The third kappa shape index (κ3) is 10.6. The highest BCUT2D eigenvalue weighted by Gasteiger charge is 2.20. The average Bonchev–Trinajstić information content (AvgIpc) is 3.09. The summed E-state index contributed by atoms with van der Waals surface area (Å²) in [5, 5.41) is 6.19. The van der Waals surface area contributed by atoms with Crippen molar-refractivity contribution in [3.8, 4) is 0 Å². The topological polar surface area (TPSA) is 105 Å². The van der Waals surface area contributed by atoms with Gasteiger partial charge in [0.1, 0.15) is 12.4 Å². The molecule has 0 aromatic carbocycles. The van der Waals surface area contributed by atoms with Crippen LogP contribution in [0.3, 0.4) is 0 Å². The van der Waals surface area contributed by atoms with Crippen LogP contribution in [-0.4, -0.2) is 52.9 Å². The lowest BCUT2D eigenvalue weighted by Gasteiger charge is -2.25. The van der Waals surface area contributed by atoms with Gasteiger partial charge in [-0.25, -0.2) is 13.1 Å². The van der Waals surface area contributed by atoms with Crippen LogP contribution in [0.1, 0.15) is 38.4 Å². The average molecular weight is 528 g/mol. The standard InChI is InChI=1S/C18H32N4O4S.HI/c1-2-19-18(20-9-5-11-25-15-17-8-4-12-26-17)21-10-13-27(23,24)22-14-16-6-3-7-16;/h4,8,12,16,22H,2-3,5-7,9-11,13-15H2,1H3,(H2,19,20,21);1H. The Morgan fingerprint density at radius 3 is 2.82 bits per heavy atom. The van der Waals surface area contributed by atoms with Gasteiger partial charge < -0.3 is 19.8 Å². The molecule has 1 aromatic heterocycles. The number of sulfonamides is 1. The first-order chi connectivity index (χ1) is 13.1. The fourth-order valence-electron chi connectivity index (χ4n) is 2.58. The van der Waals surface area contributed by atoms with Crippen molar-refractivity contribution in [3.05, 3.63) is 24.2 Å². The van der Waals surface area contributed by atoms with Gasteiger partial charge in [0.2, 0.25) is 10.0 Å². The first kappa shape index (κ1) is 25.2. The molecule has 1 aliphatic rings. The molecule has 2 rings (SSSR count). The summed E-state index contributed by atoms with van der Waals surface area (Å²) in [5.41, 5.74) is 0. The normalized spacial score (nSPS) is 15.0. The molecule has 162 valence electrons. The summed E-state index contributed by atoms with van der Waals surface area (Å²) in [5.74, 6) is 1.98. The zero-order valence-electron chi connectivity index (χ0n) is 16.5. The van der Waals surface area contributed by atoms with Crippen LogP contribution in [-0.2, 0) is 21.4 Å². The Bertz CT molecular complexity index is 649. The number of guanidine groups is 1. The van der Waals surface area contributed by atoms with Crippen molar-refractivity contribution < 1.29 is 17.6 Å². The van der Waals surface area contributed by atoms with Gasteiger partial charge in [0.05, 0.1) is 12.0 Å². The Balaban J connectivity index is 0.00000392. The van der Waals surface area contributed by atoms with E-state index in [1.807, 2.05) is 19.1 Å². The van der Waals surface area contributed by atoms with Gasteiger partial charge in [-0.3, -0.25) is 4.99 Å². The first-order valence-electron chi connectivity index (χ1n) is 9.68. The van der Waals surface area contributed by atoms with Crippen LogP contribution in [0.5, 0.6) is 0 Å². The Kier molecular flexibility index (Phi) is 12.8. The van der Waals surface area contributed by atoms with E-state index in [4.69, 9.17) is 9.15 Å². The molecule has 3 N–H and O–H groups in total. The van der Waals surface area contributed by atoms with Crippen molar-refractivity contribution in [1.82, 2.24) is 15.4 Å². The maximum Gasteiger partial charge on any atom is 0.213 e. The molecule has 1 aromatic rings. The van der Waals surface area contributed by atoms with E-state index in [0.29, 0.717) is 51.3 Å². The molecule has 0 radical (unpaired) electrons. The summed E-state index contributed by atoms with van der Waals surface area (Å²) < 4.78 is 37.4. The second-order valence-corrected chi connectivity index (χ2v) is 8.56. The van der Waals surface area contributed by atoms with E-state index in [2.05, 4.69) is 20.3 Å². The van der Waals surface area contributed by atoms with E-state index in [1.54, 1.807) is 6.26 Å². The monoisotopic (exact) mass is 528 g/mol. The largest absolute Gasteiger partial charge is 0.467 e. The minimum atomic E-state index is -3.24. The zero-order chi connectivity index (χ0) is 19.4. The molecule has 0 saturated heterocycles. The molecule has 8 nitrogen and oxygen atoms in total. The summed E-state index contributed by atoms with van der Waals surface area (Å²) in [7, 11) is -3.24. The fraction of sp³-hybridized carbons (Fsp3) is 0.722. The second kappa shape index (κ2) is 14.2. The quantitative estimate of drug-likeness (QED) is 0.157. The molecule has 0 bridgehead atoms. The van der Waals surface area contributed by atoms with Crippen LogP contribution < -0.4 is 15.4 Å². The number of nitrogens with zero attached hydrogens (tertiary/aromatic N) is 1. The number of halogens is 1. The third-order valence-electron chi connectivity index (χ3n) is 4.37. The highest BCUT2D eigenvalue weighted by Crippen LogP contribution is 2.25. The van der Waals surface area contributed by atoms with Crippen molar-refractivity contribution in [2.24, 2.45) is 10.9 Å². The van der Waals surface area contributed by atoms with Crippen LogP contribution in [0.4, 0.5) is 0 Å². The fourth-order valence-corrected chi connectivity index (χ4v) is 3.59. The Morgan fingerprint density at radius 1 is 1.36 bits per heavy atom. The van der Waals surface area contributed by atoms with E-state index in [9.17, 15) is 8.42 Å². The lowest BCUT2D eigenvalue weighted by molar-refractivity contribution is 0.105. The maximum atomic E-state index is 12.0. The molecule has 28 heavy (non-hydrogen) atoms. The van der Waals surface area contributed by atoms with Gasteiger partial charge in [-0.2, -0.15) is 0 Å². The summed E-state index contributed by atoms with van der Waals surface area (Å²) in [4.78, 5) is 4.44. The van der Waals surface area contributed by atoms with E-state index in [0.717, 1.165) is 25.0 Å². The van der Waals surface area contributed by atoms with Gasteiger partial charge in [-0.15, -0.1) is 24.0 Å². The highest BCUT2D eigenvalue weighted by molar-refractivity contribution is 14.0. The second-order valence-electron chi connectivity index (χ2n) is 6.64. The van der Waals surface area contributed by atoms with E-state index in [-0.39, 0.29) is 29.7 Å². The number of hydrogen-bond donors (Lipinski definition) is 3. The molecule has 1 aliphatic carbocycles. The lowest BCUT2D eigenvalue weighted by Crippen LogP contribution is -2.42. The predicted molar refractivity (Wildman–Crippen MR) is 122 cm³/mol. The van der Waals surface area contributed by atoms with Crippen LogP contribution in [0.2, 0.25) is 0 Å². The highest BCUT2D eigenvalue weighted by atomic mass is 127. The maximum absolute atomic E-state index is 12.0. The van der Waals surface area contributed by atoms with Crippen molar-refractivity contribution in [3.63, 3.8) is 0 Å². The van der Waals surface area contributed by atoms with Crippen molar-refractivity contribution in [2.75, 3.05) is 38.5 Å². The van der Waals surface area contributed by atoms with Gasteiger partial charge in [-0.1, -0.05) is 6.42 Å². The molecular formula is C18H33IN4O4S. The van der Waals surface area contributed by atoms with Crippen molar-refractivity contribution in [1.29, 1.82) is 0 Å². The van der Waals surface area contributed by atoms with E-state index >= 15 is 0 Å². The smallest absolute Gasteiger partial charge is 0.213 e. The van der Waals surface area contributed by atoms with Gasteiger partial charge in [0.15, 0.2) is 5.96 Å². The molecule has 1 fully saturated rings. The number of hydrogen-bond acceptors (Lipinski definition) is 5. The molecule has 1 saturated carbocycles. The first-order valence-corrected chi connectivity index (χ1v) is 11.3. The van der Waals surface area contributed by atoms with Crippen LogP contribution in [0, 0.1) is 5.92 Å². The molecule has 0 aliphatic heterocycles. The molecule has 0 spiro atoms. The van der Waals surface area contributed by atoms with Gasteiger partial charge >= 0.3 is 0 Å². The molecule has 0 atom stereocenters. The number of furan rings is 1. The Morgan fingerprint density at radius 2 is 2.18 bits per heavy atom. The lowest BCUT2D eigenvalue weighted by atomic mass is 9.86. The minimum Gasteiger partial charge on any atom is -0.467 e. The Labute approximate surface area is 185 Å². The van der Waals surface area contributed by atoms with Crippen LogP contribution in [0.25, 0.3) is 0 Å². The van der Waals surface area contributed by atoms with Gasteiger partial charge in [0, 0.05) is 32.8 Å². The zero-order valence-corrected chi connectivity index (χ0v) is 19.6. The molecular weight excluding hydrogens is 495 g/mol. The minimum absolute atomic E-state index is 0. The van der Waals surface area contributed by atoms with Crippen LogP contribution >= 0.6 is 24.0 Å². The summed E-state index contributed by atoms with van der Waals surface area (Å²) in [6.45, 7) is 5.22. The predicted octanol–water partition coefficient (Wildman–Crippen LogP) is 2.08. The number of rotatable bonds is 13. The molecule has 1 heterocycles. The summed E-state index contributed by atoms with van der Waals surface area (Å²) in [6.07, 6.45) is 5.87. The molecule has 10 heteroatoms. The van der Waals surface area contributed by atoms with E-state index in [1.165, 1.54) is 6.42 Å². The van der Waals surface area contributed by atoms with Crippen molar-refractivity contribution in [2.45, 2.75) is 39.2 Å².